The van der Waals surface area contributed by atoms with Gasteiger partial charge in [0.25, 0.3) is 5.91 Å². The molecule has 1 aliphatic rings. The van der Waals surface area contributed by atoms with Crippen LogP contribution in [0.15, 0.2) is 48.9 Å². The van der Waals surface area contributed by atoms with E-state index in [0.717, 1.165) is 25.2 Å². The van der Waals surface area contributed by atoms with Gasteiger partial charge in [0.2, 0.25) is 5.78 Å². The predicted octanol–water partition coefficient (Wildman–Crippen LogP) is 3.60. The van der Waals surface area contributed by atoms with E-state index in [1.165, 1.54) is 24.9 Å². The summed E-state index contributed by atoms with van der Waals surface area (Å²) in [5.41, 5.74) is 2.70. The van der Waals surface area contributed by atoms with Gasteiger partial charge in [-0.15, -0.1) is 0 Å². The van der Waals surface area contributed by atoms with Crippen LogP contribution in [0.4, 0.5) is 5.69 Å². The van der Waals surface area contributed by atoms with E-state index >= 15 is 0 Å². The summed E-state index contributed by atoms with van der Waals surface area (Å²) in [4.78, 5) is 23.9. The standard InChI is InChI=1S/C21H25N5O/c1-2-18(19-15-26-14-6-11-22-21(26)24-19)23-20(27)16-7-9-17(10-8-16)25-12-4-3-5-13-25/h6-11,14-15,18H,2-5,12-13H2,1H3,(H,23,27)/t18-/m0/s1. The van der Waals surface area contributed by atoms with Crippen LogP contribution in [0.3, 0.4) is 0 Å². The molecule has 1 saturated heterocycles. The van der Waals surface area contributed by atoms with Crippen molar-refractivity contribution in [2.75, 3.05) is 18.0 Å². The van der Waals surface area contributed by atoms with Crippen molar-refractivity contribution in [3.8, 4) is 0 Å². The third kappa shape index (κ3) is 3.79. The van der Waals surface area contributed by atoms with E-state index in [0.29, 0.717) is 11.3 Å². The van der Waals surface area contributed by atoms with Gasteiger partial charge in [-0.3, -0.25) is 9.20 Å². The first-order chi connectivity index (χ1) is 13.2. The first kappa shape index (κ1) is 17.5. The fourth-order valence-electron chi connectivity index (χ4n) is 3.62. The molecule has 4 rings (SSSR count). The zero-order chi connectivity index (χ0) is 18.6. The van der Waals surface area contributed by atoms with E-state index in [-0.39, 0.29) is 11.9 Å². The van der Waals surface area contributed by atoms with Gasteiger partial charge >= 0.3 is 0 Å². The van der Waals surface area contributed by atoms with Crippen molar-refractivity contribution in [3.05, 3.63) is 60.2 Å². The van der Waals surface area contributed by atoms with E-state index < -0.39 is 0 Å². The molecule has 1 atom stereocenters. The summed E-state index contributed by atoms with van der Waals surface area (Å²) in [7, 11) is 0. The summed E-state index contributed by atoms with van der Waals surface area (Å²) in [6, 6.07) is 9.66. The lowest BCUT2D eigenvalue weighted by molar-refractivity contribution is 0.0935. The van der Waals surface area contributed by atoms with Crippen LogP contribution < -0.4 is 10.2 Å². The summed E-state index contributed by atoms with van der Waals surface area (Å²) in [6.07, 6.45) is 10.1. The van der Waals surface area contributed by atoms with Crippen LogP contribution in [0.25, 0.3) is 5.78 Å². The highest BCUT2D eigenvalue weighted by Gasteiger charge is 2.18. The Morgan fingerprint density at radius 1 is 1.19 bits per heavy atom. The number of anilines is 1. The molecule has 0 aliphatic carbocycles. The number of amides is 1. The van der Waals surface area contributed by atoms with Crippen molar-refractivity contribution in [3.63, 3.8) is 0 Å². The molecule has 0 saturated carbocycles. The Balaban J connectivity index is 1.46. The molecule has 1 aromatic carbocycles. The fraction of sp³-hybridized carbons (Fsp3) is 0.381. The summed E-state index contributed by atoms with van der Waals surface area (Å²) in [5.74, 6) is 0.572. The average molecular weight is 363 g/mol. The molecule has 140 valence electrons. The van der Waals surface area contributed by atoms with Gasteiger partial charge in [-0.05, 0) is 56.0 Å². The number of hydrogen-bond acceptors (Lipinski definition) is 4. The summed E-state index contributed by atoms with van der Waals surface area (Å²) in [5, 5.41) is 3.10. The van der Waals surface area contributed by atoms with E-state index in [9.17, 15) is 4.79 Å². The maximum Gasteiger partial charge on any atom is 0.251 e. The maximum absolute atomic E-state index is 12.7. The second-order valence-corrected chi connectivity index (χ2v) is 7.02. The monoisotopic (exact) mass is 363 g/mol. The van der Waals surface area contributed by atoms with E-state index in [2.05, 4.69) is 32.3 Å². The Morgan fingerprint density at radius 2 is 1.96 bits per heavy atom. The molecule has 27 heavy (non-hydrogen) atoms. The number of carbonyl (C=O) groups is 1. The van der Waals surface area contributed by atoms with Crippen LogP contribution >= 0.6 is 0 Å². The number of carbonyl (C=O) groups excluding carboxylic acids is 1. The first-order valence-corrected chi connectivity index (χ1v) is 9.70. The Labute approximate surface area is 159 Å². The van der Waals surface area contributed by atoms with Gasteiger partial charge in [0.05, 0.1) is 11.7 Å². The van der Waals surface area contributed by atoms with Gasteiger partial charge in [0.1, 0.15) is 0 Å². The summed E-state index contributed by atoms with van der Waals surface area (Å²) < 4.78 is 1.87. The van der Waals surface area contributed by atoms with Gasteiger partial charge in [0, 0.05) is 42.9 Å². The molecule has 6 heteroatoms. The number of rotatable bonds is 5. The Hall–Kier alpha value is -2.89. The number of benzene rings is 1. The molecule has 0 radical (unpaired) electrons. The quantitative estimate of drug-likeness (QED) is 0.752. The molecule has 0 bridgehead atoms. The lowest BCUT2D eigenvalue weighted by atomic mass is 10.1. The van der Waals surface area contributed by atoms with Crippen molar-refractivity contribution in [2.24, 2.45) is 0 Å². The highest BCUT2D eigenvalue weighted by molar-refractivity contribution is 5.94. The molecule has 1 N–H and O–H groups in total. The zero-order valence-corrected chi connectivity index (χ0v) is 15.6. The van der Waals surface area contributed by atoms with Gasteiger partial charge in [0.15, 0.2) is 0 Å². The van der Waals surface area contributed by atoms with Crippen molar-refractivity contribution < 1.29 is 4.79 Å². The van der Waals surface area contributed by atoms with E-state index in [1.54, 1.807) is 6.20 Å². The van der Waals surface area contributed by atoms with Crippen LogP contribution in [0.5, 0.6) is 0 Å². The maximum atomic E-state index is 12.7. The van der Waals surface area contributed by atoms with E-state index in [1.807, 2.05) is 41.9 Å². The minimum Gasteiger partial charge on any atom is -0.372 e. The van der Waals surface area contributed by atoms with Crippen LogP contribution in [-0.2, 0) is 0 Å². The van der Waals surface area contributed by atoms with Crippen LogP contribution in [-0.4, -0.2) is 33.4 Å². The molecule has 3 heterocycles. The van der Waals surface area contributed by atoms with Crippen LogP contribution in [0.1, 0.15) is 54.7 Å². The predicted molar refractivity (Wildman–Crippen MR) is 106 cm³/mol. The second-order valence-electron chi connectivity index (χ2n) is 7.02. The number of fused-ring (bicyclic) bond motifs is 1. The number of aromatic nitrogens is 3. The van der Waals surface area contributed by atoms with Crippen molar-refractivity contribution in [1.82, 2.24) is 19.7 Å². The zero-order valence-electron chi connectivity index (χ0n) is 15.6. The molecule has 6 nitrogen and oxygen atoms in total. The molecular weight excluding hydrogens is 338 g/mol. The van der Waals surface area contributed by atoms with Crippen molar-refractivity contribution in [2.45, 2.75) is 38.6 Å². The molecule has 0 spiro atoms. The summed E-state index contributed by atoms with van der Waals surface area (Å²) >= 11 is 0. The van der Waals surface area contributed by atoms with Crippen molar-refractivity contribution in [1.29, 1.82) is 0 Å². The number of nitrogens with zero attached hydrogens (tertiary/aromatic N) is 4. The first-order valence-electron chi connectivity index (χ1n) is 9.70. The molecular formula is C21H25N5O. The van der Waals surface area contributed by atoms with Gasteiger partial charge in [-0.25, -0.2) is 9.97 Å². The molecule has 1 aliphatic heterocycles. The second kappa shape index (κ2) is 7.78. The lowest BCUT2D eigenvalue weighted by Gasteiger charge is -2.28. The smallest absolute Gasteiger partial charge is 0.251 e. The van der Waals surface area contributed by atoms with Gasteiger partial charge < -0.3 is 10.2 Å². The number of hydrogen-bond donors (Lipinski definition) is 1. The summed E-state index contributed by atoms with van der Waals surface area (Å²) in [6.45, 7) is 4.25. The number of nitrogens with one attached hydrogen (secondary N) is 1. The minimum absolute atomic E-state index is 0.0722. The van der Waals surface area contributed by atoms with Gasteiger partial charge in [-0.1, -0.05) is 6.92 Å². The average Bonchev–Trinajstić information content (AvgIpc) is 3.16. The number of imidazole rings is 1. The Bertz CT molecular complexity index is 879. The fourth-order valence-corrected chi connectivity index (χ4v) is 3.62. The largest absolute Gasteiger partial charge is 0.372 e. The third-order valence-corrected chi connectivity index (χ3v) is 5.18. The minimum atomic E-state index is -0.138. The van der Waals surface area contributed by atoms with Crippen LogP contribution in [0, 0.1) is 0 Å². The molecule has 3 aromatic rings. The third-order valence-electron chi connectivity index (χ3n) is 5.18. The highest BCUT2D eigenvalue weighted by atomic mass is 16.1. The Kier molecular flexibility index (Phi) is 5.05. The Morgan fingerprint density at radius 3 is 2.67 bits per heavy atom. The van der Waals surface area contributed by atoms with Gasteiger partial charge in [-0.2, -0.15) is 0 Å². The highest BCUT2D eigenvalue weighted by Crippen LogP contribution is 2.21. The topological polar surface area (TPSA) is 62.5 Å². The molecule has 0 unspecified atom stereocenters. The SMILES string of the molecule is CC[C@H](NC(=O)c1ccc(N2CCCCC2)cc1)c1cn2cccnc2n1. The molecule has 2 aromatic heterocycles. The van der Waals surface area contributed by atoms with E-state index in [4.69, 9.17) is 0 Å². The van der Waals surface area contributed by atoms with Crippen LogP contribution in [0.2, 0.25) is 0 Å². The molecule has 1 amide bonds. The number of piperidine rings is 1. The lowest BCUT2D eigenvalue weighted by Crippen LogP contribution is -2.30. The normalized spacial score (nSPS) is 15.7. The van der Waals surface area contributed by atoms with Crippen molar-refractivity contribution >= 4 is 17.4 Å². The molecule has 1 fully saturated rings.